The predicted octanol–water partition coefficient (Wildman–Crippen LogP) is 2.14. The van der Waals surface area contributed by atoms with Crippen molar-refractivity contribution in [3.63, 3.8) is 0 Å². The van der Waals surface area contributed by atoms with Gasteiger partial charge in [0.25, 0.3) is 0 Å². The molecule has 2 N–H and O–H groups in total. The Bertz CT molecular complexity index is 118. The Kier molecular flexibility index (Phi) is 18.2. The van der Waals surface area contributed by atoms with Gasteiger partial charge in [-0.3, -0.25) is 0 Å². The van der Waals surface area contributed by atoms with E-state index in [1.165, 1.54) is 38.5 Å². The average molecular weight is 170 g/mol. The minimum atomic E-state index is 0.750. The summed E-state index contributed by atoms with van der Waals surface area (Å²) in [6, 6.07) is 0. The van der Waals surface area contributed by atoms with E-state index in [4.69, 9.17) is 20.4 Å². The normalized spacial score (nSPS) is 13.3. The quantitative estimate of drug-likeness (QED) is 0.431. The van der Waals surface area contributed by atoms with Crippen LogP contribution in [0.5, 0.6) is 0 Å². The van der Waals surface area contributed by atoms with E-state index in [9.17, 15) is 0 Å². The second-order valence-corrected chi connectivity index (χ2v) is 2.33. The molecule has 0 aromatic rings. The minimum Gasteiger partial charge on any atom is -0.222 e. The second kappa shape index (κ2) is 16.4. The third-order valence-electron chi connectivity index (χ3n) is 1.50. The molecule has 0 amide bonds. The largest absolute Gasteiger partial charge is 0.231 e. The van der Waals surface area contributed by atoms with Crippen LogP contribution in [0, 0.1) is 10.8 Å². The van der Waals surface area contributed by atoms with Crippen LogP contribution in [0.4, 0.5) is 0 Å². The summed E-state index contributed by atoms with van der Waals surface area (Å²) < 4.78 is 0. The number of nitrogens with one attached hydrogen (secondary N) is 2. The molecule has 1 rings (SSSR count). The molecule has 1 aliphatic rings. The molecule has 1 aliphatic carbocycles. The zero-order chi connectivity index (χ0) is 9.66. The van der Waals surface area contributed by atoms with Crippen molar-refractivity contribution in [3.8, 4) is 0 Å². The number of carbonyl (C=O) groups excluding carboxylic acids is 2. The average Bonchev–Trinajstić information content (AvgIpc) is 2.10. The maximum absolute atomic E-state index is 8.35. The highest BCUT2D eigenvalue weighted by Crippen LogP contribution is 2.15. The van der Waals surface area contributed by atoms with E-state index >= 15 is 0 Å². The van der Waals surface area contributed by atoms with Crippen LogP contribution in [0.3, 0.4) is 0 Å². The van der Waals surface area contributed by atoms with Gasteiger partial charge in [-0.25, -0.2) is 20.4 Å². The lowest BCUT2D eigenvalue weighted by Gasteiger charge is -2.05. The third-order valence-corrected chi connectivity index (χ3v) is 1.50. The van der Waals surface area contributed by atoms with Gasteiger partial charge >= 0.3 is 0 Å². The van der Waals surface area contributed by atoms with Crippen molar-refractivity contribution in [1.29, 1.82) is 10.8 Å². The Hall–Kier alpha value is -1.24. The molecule has 0 bridgehead atoms. The summed E-state index contributed by atoms with van der Waals surface area (Å²) in [5, 5.41) is 10.8. The van der Waals surface area contributed by atoms with E-state index in [1.54, 1.807) is 0 Å². The molecule has 0 radical (unpaired) electrons. The molecule has 0 heterocycles. The van der Waals surface area contributed by atoms with Crippen LogP contribution < -0.4 is 0 Å². The topological polar surface area (TPSA) is 81.8 Å². The van der Waals surface area contributed by atoms with Crippen molar-refractivity contribution < 1.29 is 9.59 Å². The van der Waals surface area contributed by atoms with Gasteiger partial charge in [-0.15, -0.1) is 0 Å². The van der Waals surface area contributed by atoms with Crippen LogP contribution >= 0.6 is 0 Å². The highest BCUT2D eigenvalue weighted by atomic mass is 16.1. The van der Waals surface area contributed by atoms with Crippen LogP contribution in [0.1, 0.15) is 38.5 Å². The lowest BCUT2D eigenvalue weighted by Crippen LogP contribution is -1.85. The molecule has 0 unspecified atom stereocenters. The van der Waals surface area contributed by atoms with Gasteiger partial charge in [0, 0.05) is 0 Å². The van der Waals surface area contributed by atoms with Crippen molar-refractivity contribution in [2.24, 2.45) is 0 Å². The fraction of sp³-hybridized carbons (Fsp3) is 0.750. The monoisotopic (exact) mass is 170 g/mol. The predicted molar refractivity (Wildman–Crippen MR) is 44.5 cm³/mol. The van der Waals surface area contributed by atoms with E-state index in [0.29, 0.717) is 0 Å². The van der Waals surface area contributed by atoms with Crippen molar-refractivity contribution in [2.45, 2.75) is 38.5 Å². The smallest absolute Gasteiger partial charge is 0.222 e. The zero-order valence-corrected chi connectivity index (χ0v) is 7.06. The first-order chi connectivity index (χ1) is 5.83. The van der Waals surface area contributed by atoms with Gasteiger partial charge in [-0.05, 0) is 0 Å². The summed E-state index contributed by atoms with van der Waals surface area (Å²) >= 11 is 0. The Morgan fingerprint density at radius 3 is 0.833 bits per heavy atom. The maximum Gasteiger partial charge on any atom is 0.231 e. The van der Waals surface area contributed by atoms with Gasteiger partial charge in [-0.2, -0.15) is 0 Å². The highest BCUT2D eigenvalue weighted by Gasteiger charge is 1.95. The molecule has 0 spiro atoms. The van der Waals surface area contributed by atoms with E-state index in [-0.39, 0.29) is 0 Å². The van der Waals surface area contributed by atoms with E-state index < -0.39 is 0 Å². The van der Waals surface area contributed by atoms with E-state index in [0.717, 1.165) is 12.2 Å². The summed E-state index contributed by atoms with van der Waals surface area (Å²) in [5.74, 6) is 0. The number of hydrogen-bond donors (Lipinski definition) is 2. The van der Waals surface area contributed by atoms with Crippen molar-refractivity contribution in [2.75, 3.05) is 0 Å². The molecular formula is C8H14N2O2. The highest BCUT2D eigenvalue weighted by molar-refractivity contribution is 5.26. The van der Waals surface area contributed by atoms with Gasteiger partial charge in [0.15, 0.2) is 0 Å². The van der Waals surface area contributed by atoms with E-state index in [2.05, 4.69) is 0 Å². The van der Waals surface area contributed by atoms with Gasteiger partial charge < -0.3 is 0 Å². The van der Waals surface area contributed by atoms with Crippen molar-refractivity contribution in [3.05, 3.63) is 0 Å². The Balaban J connectivity index is 0. The maximum atomic E-state index is 8.35. The first-order valence-electron chi connectivity index (χ1n) is 3.91. The summed E-state index contributed by atoms with van der Waals surface area (Å²) in [6.45, 7) is 0. The second-order valence-electron chi connectivity index (χ2n) is 2.33. The molecule has 0 atom stereocenters. The van der Waals surface area contributed by atoms with Gasteiger partial charge in [0.05, 0.1) is 0 Å². The lowest BCUT2D eigenvalue weighted by molar-refractivity contribution is 0.504. The number of rotatable bonds is 0. The molecule has 68 valence electrons. The van der Waals surface area contributed by atoms with Gasteiger partial charge in [-0.1, -0.05) is 38.5 Å². The third kappa shape index (κ3) is 23.3. The van der Waals surface area contributed by atoms with Crippen molar-refractivity contribution in [1.82, 2.24) is 0 Å². The molecule has 12 heavy (non-hydrogen) atoms. The summed E-state index contributed by atoms with van der Waals surface area (Å²) in [4.78, 5) is 16.7. The summed E-state index contributed by atoms with van der Waals surface area (Å²) in [7, 11) is 0. The standard InChI is InChI=1S/C6H12.2CHNO/c1-2-4-6-5-3-1;2*2-1-3/h1-6H2;2*2H. The zero-order valence-electron chi connectivity index (χ0n) is 7.06. The van der Waals surface area contributed by atoms with Crippen LogP contribution in [0.15, 0.2) is 0 Å². The lowest BCUT2D eigenvalue weighted by atomic mass is 10.0. The number of isocyanates is 2. The SMILES string of the molecule is C1CCCCC1.N=C=O.N=C=O. The Morgan fingerprint density at radius 2 is 0.750 bits per heavy atom. The molecule has 0 saturated heterocycles. The molecule has 0 aliphatic heterocycles. The fourth-order valence-electron chi connectivity index (χ4n) is 1.06. The van der Waals surface area contributed by atoms with Crippen LogP contribution in [0.2, 0.25) is 0 Å². The fourth-order valence-corrected chi connectivity index (χ4v) is 1.06. The Labute approximate surface area is 72.0 Å². The van der Waals surface area contributed by atoms with Crippen LogP contribution in [-0.4, -0.2) is 12.2 Å². The van der Waals surface area contributed by atoms with Gasteiger partial charge in [0.1, 0.15) is 0 Å². The molecule has 0 aromatic carbocycles. The minimum absolute atomic E-state index is 0.750. The molecule has 4 nitrogen and oxygen atoms in total. The van der Waals surface area contributed by atoms with Gasteiger partial charge in [0.2, 0.25) is 12.2 Å². The number of hydrogen-bond acceptors (Lipinski definition) is 4. The summed E-state index contributed by atoms with van der Waals surface area (Å²) in [6.07, 6.45) is 10.5. The molecule has 4 heteroatoms. The van der Waals surface area contributed by atoms with Crippen molar-refractivity contribution >= 4 is 12.2 Å². The molecular weight excluding hydrogens is 156 g/mol. The summed E-state index contributed by atoms with van der Waals surface area (Å²) in [5.41, 5.74) is 0. The van der Waals surface area contributed by atoms with E-state index in [1.807, 2.05) is 0 Å². The Morgan fingerprint density at radius 1 is 0.667 bits per heavy atom. The molecule has 1 fully saturated rings. The van der Waals surface area contributed by atoms with Crippen LogP contribution in [-0.2, 0) is 9.59 Å². The molecule has 1 saturated carbocycles. The first kappa shape index (κ1) is 13.4. The molecule has 0 aromatic heterocycles. The van der Waals surface area contributed by atoms with Crippen LogP contribution in [0.25, 0.3) is 0 Å². The first-order valence-corrected chi connectivity index (χ1v) is 3.91.